The van der Waals surface area contributed by atoms with Crippen molar-refractivity contribution in [3.63, 3.8) is 0 Å². The number of rotatable bonds is 7. The lowest BCUT2D eigenvalue weighted by molar-refractivity contribution is -0.139. The molecule has 2 aromatic rings. The van der Waals surface area contributed by atoms with Crippen molar-refractivity contribution in [3.8, 4) is 11.5 Å². The summed E-state index contributed by atoms with van der Waals surface area (Å²) in [5, 5.41) is 11.9. The minimum atomic E-state index is -1.13. The van der Waals surface area contributed by atoms with Crippen molar-refractivity contribution >= 4 is 17.8 Å². The van der Waals surface area contributed by atoms with Gasteiger partial charge >= 0.3 is 11.9 Å². The van der Waals surface area contributed by atoms with E-state index in [1.54, 1.807) is 31.4 Å². The number of nitrogens with one attached hydrogen (secondary N) is 1. The Kier molecular flexibility index (Phi) is 6.32. The van der Waals surface area contributed by atoms with Crippen molar-refractivity contribution in [1.29, 1.82) is 0 Å². The van der Waals surface area contributed by atoms with Crippen LogP contribution in [0.5, 0.6) is 11.5 Å². The van der Waals surface area contributed by atoms with Crippen LogP contribution in [0.15, 0.2) is 48.5 Å². The Morgan fingerprint density at radius 2 is 1.58 bits per heavy atom. The van der Waals surface area contributed by atoms with Crippen molar-refractivity contribution in [2.24, 2.45) is 0 Å². The molecule has 7 heteroatoms. The Labute approximate surface area is 150 Å². The van der Waals surface area contributed by atoms with Crippen LogP contribution in [0.2, 0.25) is 0 Å². The molecule has 2 aromatic carbocycles. The van der Waals surface area contributed by atoms with Crippen molar-refractivity contribution in [2.45, 2.75) is 19.4 Å². The number of aliphatic carboxylic acids is 1. The zero-order valence-electron chi connectivity index (χ0n) is 14.4. The summed E-state index contributed by atoms with van der Waals surface area (Å²) < 4.78 is 9.95. The molecule has 136 valence electrons. The molecule has 0 fully saturated rings. The first-order chi connectivity index (χ1) is 12.4. The molecular formula is C19H19NO6. The topological polar surface area (TPSA) is 102 Å². The maximum atomic E-state index is 12.3. The van der Waals surface area contributed by atoms with E-state index in [1.807, 2.05) is 0 Å². The third-order valence-electron chi connectivity index (χ3n) is 3.58. The standard InChI is InChI=1S/C19H19NO6/c1-12(21)26-16-9-5-14(6-10-16)18(22)20-17(19(23)24)11-13-3-7-15(25-2)8-4-13/h3-10,17H,11H2,1-2H3,(H,20,22)(H,23,24)/t17-/m1/s1. The van der Waals surface area contributed by atoms with Crippen molar-refractivity contribution in [2.75, 3.05) is 7.11 Å². The number of carboxylic acid groups (broad SMARTS) is 1. The molecule has 7 nitrogen and oxygen atoms in total. The van der Waals surface area contributed by atoms with Crippen LogP contribution in [-0.4, -0.2) is 36.1 Å². The second-order valence-corrected chi connectivity index (χ2v) is 5.53. The van der Waals surface area contributed by atoms with Crippen LogP contribution in [0.3, 0.4) is 0 Å². The van der Waals surface area contributed by atoms with Crippen LogP contribution in [0.25, 0.3) is 0 Å². The Morgan fingerprint density at radius 3 is 2.08 bits per heavy atom. The van der Waals surface area contributed by atoms with Gasteiger partial charge < -0.3 is 19.9 Å². The van der Waals surface area contributed by atoms with Crippen molar-refractivity contribution in [3.05, 3.63) is 59.7 Å². The van der Waals surface area contributed by atoms with Crippen LogP contribution in [0.1, 0.15) is 22.8 Å². The lowest BCUT2D eigenvalue weighted by Crippen LogP contribution is -2.42. The molecule has 1 amide bonds. The zero-order valence-corrected chi connectivity index (χ0v) is 14.4. The van der Waals surface area contributed by atoms with E-state index < -0.39 is 23.9 Å². The average molecular weight is 357 g/mol. The third kappa shape index (κ3) is 5.34. The van der Waals surface area contributed by atoms with Crippen molar-refractivity contribution < 1.29 is 29.0 Å². The first-order valence-corrected chi connectivity index (χ1v) is 7.84. The van der Waals surface area contributed by atoms with Gasteiger partial charge in [-0.05, 0) is 42.0 Å². The Balaban J connectivity index is 2.04. The molecule has 0 spiro atoms. The molecule has 0 aliphatic rings. The lowest BCUT2D eigenvalue weighted by Gasteiger charge is -2.15. The summed E-state index contributed by atoms with van der Waals surface area (Å²) in [6.07, 6.45) is 0.136. The van der Waals surface area contributed by atoms with E-state index in [-0.39, 0.29) is 12.0 Å². The number of methoxy groups -OCH3 is 1. The fourth-order valence-electron chi connectivity index (χ4n) is 2.28. The summed E-state index contributed by atoms with van der Waals surface area (Å²) >= 11 is 0. The summed E-state index contributed by atoms with van der Waals surface area (Å²) in [6.45, 7) is 1.28. The number of carbonyl (C=O) groups excluding carboxylic acids is 2. The molecule has 26 heavy (non-hydrogen) atoms. The second kappa shape index (κ2) is 8.66. The van der Waals surface area contributed by atoms with E-state index in [4.69, 9.17) is 9.47 Å². The molecule has 0 heterocycles. The normalized spacial score (nSPS) is 11.3. The quantitative estimate of drug-likeness (QED) is 0.581. The van der Waals surface area contributed by atoms with Crippen LogP contribution < -0.4 is 14.8 Å². The number of esters is 1. The highest BCUT2D eigenvalue weighted by Crippen LogP contribution is 2.14. The summed E-state index contributed by atoms with van der Waals surface area (Å²) in [7, 11) is 1.54. The number of hydrogen-bond donors (Lipinski definition) is 2. The van der Waals surface area contributed by atoms with Gasteiger partial charge in [0, 0.05) is 18.9 Å². The second-order valence-electron chi connectivity index (χ2n) is 5.53. The predicted octanol–water partition coefficient (Wildman–Crippen LogP) is 2.05. The maximum absolute atomic E-state index is 12.3. The number of ether oxygens (including phenoxy) is 2. The highest BCUT2D eigenvalue weighted by atomic mass is 16.5. The lowest BCUT2D eigenvalue weighted by atomic mass is 10.1. The molecule has 0 aliphatic heterocycles. The number of benzene rings is 2. The van der Waals surface area contributed by atoms with Crippen LogP contribution in [-0.2, 0) is 16.0 Å². The van der Waals surface area contributed by atoms with Gasteiger partial charge in [-0.25, -0.2) is 4.79 Å². The van der Waals surface area contributed by atoms with E-state index in [0.717, 1.165) is 5.56 Å². The molecule has 0 aliphatic carbocycles. The smallest absolute Gasteiger partial charge is 0.326 e. The SMILES string of the molecule is COc1ccc(C[C@@H](NC(=O)c2ccc(OC(C)=O)cc2)C(=O)O)cc1. The van der Waals surface area contributed by atoms with Gasteiger partial charge in [0.25, 0.3) is 5.91 Å². The van der Waals surface area contributed by atoms with Gasteiger partial charge in [-0.2, -0.15) is 0 Å². The zero-order chi connectivity index (χ0) is 19.1. The predicted molar refractivity (Wildman–Crippen MR) is 93.3 cm³/mol. The minimum Gasteiger partial charge on any atom is -0.497 e. The Bertz CT molecular complexity index is 783. The summed E-state index contributed by atoms with van der Waals surface area (Å²) in [5.74, 6) is -1.15. The third-order valence-corrected chi connectivity index (χ3v) is 3.58. The van der Waals surface area contributed by atoms with Crippen LogP contribution in [0, 0.1) is 0 Å². The van der Waals surface area contributed by atoms with E-state index >= 15 is 0 Å². The molecule has 0 saturated carbocycles. The molecule has 0 aromatic heterocycles. The van der Waals surface area contributed by atoms with Gasteiger partial charge in [0.15, 0.2) is 0 Å². The fourth-order valence-corrected chi connectivity index (χ4v) is 2.28. The number of hydrogen-bond acceptors (Lipinski definition) is 5. The molecule has 0 unspecified atom stereocenters. The Morgan fingerprint density at radius 1 is 1.00 bits per heavy atom. The minimum absolute atomic E-state index is 0.136. The van der Waals surface area contributed by atoms with Gasteiger partial charge in [-0.1, -0.05) is 12.1 Å². The summed E-state index contributed by atoms with van der Waals surface area (Å²) in [5.41, 5.74) is 1.02. The highest BCUT2D eigenvalue weighted by Gasteiger charge is 2.21. The number of carboxylic acids is 1. The van der Waals surface area contributed by atoms with Crippen molar-refractivity contribution in [1.82, 2.24) is 5.32 Å². The first kappa shape index (κ1) is 19.0. The van der Waals surface area contributed by atoms with Gasteiger partial charge in [-0.15, -0.1) is 0 Å². The van der Waals surface area contributed by atoms with Gasteiger partial charge in [0.2, 0.25) is 0 Å². The monoisotopic (exact) mass is 357 g/mol. The van der Waals surface area contributed by atoms with E-state index in [0.29, 0.717) is 11.5 Å². The molecule has 0 bridgehead atoms. The van der Waals surface area contributed by atoms with Crippen LogP contribution in [0.4, 0.5) is 0 Å². The van der Waals surface area contributed by atoms with Crippen LogP contribution >= 0.6 is 0 Å². The van der Waals surface area contributed by atoms with Gasteiger partial charge in [-0.3, -0.25) is 9.59 Å². The summed E-state index contributed by atoms with van der Waals surface area (Å²) in [4.78, 5) is 34.6. The average Bonchev–Trinajstić information content (AvgIpc) is 2.61. The first-order valence-electron chi connectivity index (χ1n) is 7.84. The maximum Gasteiger partial charge on any atom is 0.326 e. The van der Waals surface area contributed by atoms with E-state index in [9.17, 15) is 19.5 Å². The number of carbonyl (C=O) groups is 3. The summed E-state index contributed by atoms with van der Waals surface area (Å²) in [6, 6.07) is 11.7. The molecule has 2 rings (SSSR count). The molecule has 1 atom stereocenters. The highest BCUT2D eigenvalue weighted by molar-refractivity contribution is 5.96. The molecule has 0 saturated heterocycles. The molecule has 0 radical (unpaired) electrons. The van der Waals surface area contributed by atoms with E-state index in [1.165, 1.54) is 31.2 Å². The largest absolute Gasteiger partial charge is 0.497 e. The van der Waals surface area contributed by atoms with Gasteiger partial charge in [0.05, 0.1) is 7.11 Å². The molecule has 2 N–H and O–H groups in total. The van der Waals surface area contributed by atoms with E-state index in [2.05, 4.69) is 5.32 Å². The van der Waals surface area contributed by atoms with Gasteiger partial charge in [0.1, 0.15) is 17.5 Å². The Hall–Kier alpha value is -3.35. The fraction of sp³-hybridized carbons (Fsp3) is 0.211. The molecular weight excluding hydrogens is 338 g/mol. The number of amides is 1.